The molecule has 124 valence electrons. The van der Waals surface area contributed by atoms with Crippen LogP contribution in [0.1, 0.15) is 0 Å². The van der Waals surface area contributed by atoms with Gasteiger partial charge < -0.3 is 4.57 Å². The summed E-state index contributed by atoms with van der Waals surface area (Å²) in [4.78, 5) is 4.14. The molecule has 0 aliphatic heterocycles. The molecule has 0 radical (unpaired) electrons. The highest BCUT2D eigenvalue weighted by atomic mass is 35.5. The molecule has 2 nitrogen and oxygen atoms in total. The van der Waals surface area contributed by atoms with E-state index in [-0.39, 0.29) is 0 Å². The van der Waals surface area contributed by atoms with E-state index >= 15 is 0 Å². The third kappa shape index (κ3) is 3.51. The highest BCUT2D eigenvalue weighted by molar-refractivity contribution is 7.02. The van der Waals surface area contributed by atoms with Crippen molar-refractivity contribution < 1.29 is 0 Å². The predicted molar refractivity (Wildman–Crippen MR) is 106 cm³/mol. The van der Waals surface area contributed by atoms with Crippen molar-refractivity contribution in [1.29, 1.82) is 0 Å². The van der Waals surface area contributed by atoms with Crippen molar-refractivity contribution in [3.05, 3.63) is 75.2 Å². The summed E-state index contributed by atoms with van der Waals surface area (Å²) in [6, 6.07) is 11.3. The summed E-state index contributed by atoms with van der Waals surface area (Å²) in [6.45, 7) is 2.23. The van der Waals surface area contributed by atoms with E-state index in [1.54, 1.807) is 24.7 Å². The quantitative estimate of drug-likeness (QED) is 0.552. The largest absolute Gasteiger partial charge is 0.340 e. The Morgan fingerprint density at radius 2 is 1.46 bits per heavy atom. The molecule has 3 rings (SSSR count). The maximum Gasteiger partial charge on any atom is 0.138 e. The average molecular weight is 416 g/mol. The van der Waals surface area contributed by atoms with Crippen LogP contribution in [-0.2, 0) is 6.17 Å². The molecule has 7 heteroatoms. The zero-order chi connectivity index (χ0) is 17.3. The molecule has 3 aromatic rings. The molecule has 0 aliphatic carbocycles. The molecular formula is C17H14Cl4N2Si. The minimum atomic E-state index is -2.30. The van der Waals surface area contributed by atoms with Crippen LogP contribution in [0.3, 0.4) is 0 Å². The van der Waals surface area contributed by atoms with Crippen LogP contribution < -0.4 is 10.4 Å². The van der Waals surface area contributed by atoms with E-state index in [0.29, 0.717) is 20.1 Å². The van der Waals surface area contributed by atoms with E-state index in [1.807, 2.05) is 30.5 Å². The van der Waals surface area contributed by atoms with Gasteiger partial charge in [-0.15, -0.1) is 0 Å². The van der Waals surface area contributed by atoms with Gasteiger partial charge in [0.2, 0.25) is 0 Å². The van der Waals surface area contributed by atoms with Crippen LogP contribution in [0, 0.1) is 0 Å². The molecule has 24 heavy (non-hydrogen) atoms. The molecular weight excluding hydrogens is 402 g/mol. The van der Waals surface area contributed by atoms with E-state index in [9.17, 15) is 0 Å². The summed E-state index contributed by atoms with van der Waals surface area (Å²) in [6.07, 6.45) is 6.27. The number of imidazole rings is 1. The lowest BCUT2D eigenvalue weighted by Gasteiger charge is -2.31. The summed E-state index contributed by atoms with van der Waals surface area (Å²) in [7, 11) is -2.30. The van der Waals surface area contributed by atoms with Crippen LogP contribution in [0.15, 0.2) is 55.1 Å². The zero-order valence-corrected chi connectivity index (χ0v) is 16.8. The second kappa shape index (κ2) is 7.10. The molecule has 0 unspecified atom stereocenters. The van der Waals surface area contributed by atoms with Gasteiger partial charge in [0, 0.05) is 38.7 Å². The minimum Gasteiger partial charge on any atom is -0.340 e. The van der Waals surface area contributed by atoms with Gasteiger partial charge in [0.15, 0.2) is 0 Å². The van der Waals surface area contributed by atoms with Gasteiger partial charge in [-0.05, 0) is 34.6 Å². The Bertz CT molecular complexity index is 814. The molecule has 0 aliphatic rings. The van der Waals surface area contributed by atoms with Gasteiger partial charge in [0.05, 0.1) is 6.33 Å². The van der Waals surface area contributed by atoms with Gasteiger partial charge in [-0.1, -0.05) is 65.1 Å². The smallest absolute Gasteiger partial charge is 0.138 e. The zero-order valence-electron chi connectivity index (χ0n) is 12.8. The van der Waals surface area contributed by atoms with Gasteiger partial charge in [0.25, 0.3) is 0 Å². The second-order valence-corrected chi connectivity index (χ2v) is 11.6. The van der Waals surface area contributed by atoms with Crippen LogP contribution >= 0.6 is 46.4 Å². The molecule has 0 saturated carbocycles. The Morgan fingerprint density at radius 1 is 0.917 bits per heavy atom. The Morgan fingerprint density at radius 3 is 1.88 bits per heavy atom. The van der Waals surface area contributed by atoms with Crippen LogP contribution in [-0.4, -0.2) is 17.6 Å². The van der Waals surface area contributed by atoms with Gasteiger partial charge in [-0.25, -0.2) is 4.98 Å². The molecule has 0 atom stereocenters. The highest BCUT2D eigenvalue weighted by Crippen LogP contribution is 2.23. The van der Waals surface area contributed by atoms with Crippen LogP contribution in [0.4, 0.5) is 0 Å². The van der Waals surface area contributed by atoms with E-state index < -0.39 is 8.07 Å². The average Bonchev–Trinajstić information content (AvgIpc) is 2.99. The third-order valence-corrected chi connectivity index (χ3v) is 9.77. The summed E-state index contributed by atoms with van der Waals surface area (Å²) in [5.41, 5.74) is 0. The molecule has 1 aromatic heterocycles. The van der Waals surface area contributed by atoms with Crippen molar-refractivity contribution in [2.75, 3.05) is 0 Å². The van der Waals surface area contributed by atoms with Crippen molar-refractivity contribution in [2.45, 2.75) is 12.7 Å². The Balaban J connectivity index is 2.20. The van der Waals surface area contributed by atoms with Crippen LogP contribution in [0.2, 0.25) is 26.6 Å². The highest BCUT2D eigenvalue weighted by Gasteiger charge is 2.36. The first-order chi connectivity index (χ1) is 11.4. The van der Waals surface area contributed by atoms with E-state index in [0.717, 1.165) is 16.5 Å². The second-order valence-electron chi connectivity index (χ2n) is 5.82. The maximum absolute atomic E-state index is 6.54. The number of rotatable bonds is 4. The molecule has 0 saturated heterocycles. The predicted octanol–water partition coefficient (Wildman–Crippen LogP) is 4.93. The van der Waals surface area contributed by atoms with E-state index in [4.69, 9.17) is 46.4 Å². The number of aromatic nitrogens is 2. The van der Waals surface area contributed by atoms with E-state index in [2.05, 4.69) is 16.1 Å². The Labute approximate surface area is 162 Å². The lowest BCUT2D eigenvalue weighted by atomic mass is 10.3. The van der Waals surface area contributed by atoms with Crippen molar-refractivity contribution in [3.8, 4) is 0 Å². The lowest BCUT2D eigenvalue weighted by molar-refractivity contribution is 0.858. The number of hydrogen-bond acceptors (Lipinski definition) is 1. The molecule has 0 N–H and O–H groups in total. The fraction of sp³-hybridized carbons (Fsp3) is 0.118. The molecule has 0 amide bonds. The minimum absolute atomic E-state index is 0.616. The van der Waals surface area contributed by atoms with E-state index in [1.165, 1.54) is 0 Å². The number of hydrogen-bond donors (Lipinski definition) is 0. The van der Waals surface area contributed by atoms with Crippen LogP contribution in [0.5, 0.6) is 0 Å². The molecule has 1 heterocycles. The first-order valence-corrected chi connectivity index (χ1v) is 11.5. The van der Waals surface area contributed by atoms with Gasteiger partial charge in [-0.3, -0.25) is 0 Å². The molecule has 2 aromatic carbocycles. The number of benzene rings is 2. The fourth-order valence-electron chi connectivity index (χ4n) is 2.93. The molecule has 0 bridgehead atoms. The normalized spacial score (nSPS) is 11.7. The van der Waals surface area contributed by atoms with Crippen molar-refractivity contribution in [3.63, 3.8) is 0 Å². The van der Waals surface area contributed by atoms with Crippen LogP contribution in [0.25, 0.3) is 0 Å². The standard InChI is InChI=1S/C17H14Cl4N2Si/c1-24(11-23-7-6-22-10-23,16-4-2-12(18)8-14(16)20)17-5-3-13(19)9-15(17)21/h2-10H,11H2,1H3. The third-order valence-electron chi connectivity index (χ3n) is 4.11. The van der Waals surface area contributed by atoms with Gasteiger partial charge >= 0.3 is 0 Å². The monoisotopic (exact) mass is 414 g/mol. The first kappa shape index (κ1) is 17.8. The van der Waals surface area contributed by atoms with Crippen molar-refractivity contribution in [1.82, 2.24) is 9.55 Å². The maximum atomic E-state index is 6.54. The summed E-state index contributed by atoms with van der Waals surface area (Å²) in [5, 5.41) is 4.69. The van der Waals surface area contributed by atoms with Crippen molar-refractivity contribution >= 4 is 64.9 Å². The number of nitrogens with zero attached hydrogens (tertiary/aromatic N) is 2. The Hall–Kier alpha value is -0.973. The lowest BCUT2D eigenvalue weighted by Crippen LogP contribution is -2.59. The topological polar surface area (TPSA) is 17.8 Å². The fourth-order valence-corrected chi connectivity index (χ4v) is 8.65. The summed E-state index contributed by atoms with van der Waals surface area (Å²) >= 11 is 25.2. The molecule has 0 spiro atoms. The van der Waals surface area contributed by atoms with Crippen molar-refractivity contribution in [2.24, 2.45) is 0 Å². The van der Waals surface area contributed by atoms with Gasteiger partial charge in [0.1, 0.15) is 8.07 Å². The summed E-state index contributed by atoms with van der Waals surface area (Å²) in [5.74, 6) is 0. The first-order valence-electron chi connectivity index (χ1n) is 7.27. The summed E-state index contributed by atoms with van der Waals surface area (Å²) < 4.78 is 2.06. The van der Waals surface area contributed by atoms with Gasteiger partial charge in [-0.2, -0.15) is 0 Å². The SMILES string of the molecule is C[Si](Cn1ccnc1)(c1ccc(Cl)cc1Cl)c1ccc(Cl)cc1Cl. The molecule has 0 fully saturated rings. The Kier molecular flexibility index (Phi) is 5.28. The number of halogens is 4.